The maximum atomic E-state index is 12.2. The summed E-state index contributed by atoms with van der Waals surface area (Å²) in [5.41, 5.74) is 2.04. The van der Waals surface area contributed by atoms with Gasteiger partial charge in [-0.25, -0.2) is 4.98 Å². The molecule has 0 saturated heterocycles. The maximum absolute atomic E-state index is 12.2. The van der Waals surface area contributed by atoms with Crippen LogP contribution in [0.3, 0.4) is 0 Å². The van der Waals surface area contributed by atoms with E-state index in [-0.39, 0.29) is 21.9 Å². The zero-order valence-corrected chi connectivity index (χ0v) is 17.4. The number of nitrogens with zero attached hydrogens (tertiary/aromatic N) is 1. The standard InChI is InChI=1S/C22H33NO3S/c1-2-3-4-5-6-7-8-9-10-11-12-13-14-15-17-19(24)18-22(27-16-23-18)21(26)20(17)25/h16,24H,2-15H2,1H3. The largest absolute Gasteiger partial charge is 0.505 e. The minimum absolute atomic E-state index is 0.0882. The van der Waals surface area contributed by atoms with Crippen LogP contribution in [0.2, 0.25) is 0 Å². The molecule has 0 saturated carbocycles. The fourth-order valence-corrected chi connectivity index (χ4v) is 4.34. The summed E-state index contributed by atoms with van der Waals surface area (Å²) in [6.45, 7) is 2.25. The summed E-state index contributed by atoms with van der Waals surface area (Å²) in [6.07, 6.45) is 16.9. The van der Waals surface area contributed by atoms with Crippen LogP contribution < -0.4 is 0 Å². The van der Waals surface area contributed by atoms with Gasteiger partial charge in [0.05, 0.1) is 5.51 Å². The van der Waals surface area contributed by atoms with E-state index >= 15 is 0 Å². The van der Waals surface area contributed by atoms with Crippen molar-refractivity contribution in [2.75, 3.05) is 0 Å². The Morgan fingerprint density at radius 2 is 1.33 bits per heavy atom. The predicted octanol–water partition coefficient (Wildman–Crippen LogP) is 6.66. The third-order valence-electron chi connectivity index (χ3n) is 5.29. The molecule has 0 aromatic carbocycles. The lowest BCUT2D eigenvalue weighted by Crippen LogP contribution is -2.23. The molecule has 1 aromatic heterocycles. The zero-order valence-electron chi connectivity index (χ0n) is 16.6. The number of thiazole rings is 1. The van der Waals surface area contributed by atoms with E-state index in [9.17, 15) is 14.7 Å². The van der Waals surface area contributed by atoms with Crippen LogP contribution in [0.15, 0.2) is 11.1 Å². The van der Waals surface area contributed by atoms with E-state index in [0.29, 0.717) is 6.42 Å². The second-order valence-corrected chi connectivity index (χ2v) is 8.36. The van der Waals surface area contributed by atoms with E-state index in [4.69, 9.17) is 0 Å². The number of carbonyl (C=O) groups is 2. The SMILES string of the molecule is CCCCCCCCCCCCCCCC1=C(O)c2ncsc2C(=O)C1=O. The molecule has 2 rings (SSSR count). The van der Waals surface area contributed by atoms with Gasteiger partial charge in [-0.3, -0.25) is 9.59 Å². The number of hydrogen-bond acceptors (Lipinski definition) is 5. The Kier molecular flexibility index (Phi) is 9.74. The number of Topliss-reactive ketones (excluding diaryl/α,β-unsaturated/α-hetero) is 2. The molecule has 0 atom stereocenters. The zero-order chi connectivity index (χ0) is 19.5. The minimum Gasteiger partial charge on any atom is -0.505 e. The first-order chi connectivity index (χ1) is 13.2. The van der Waals surface area contributed by atoms with Gasteiger partial charge in [0.15, 0.2) is 0 Å². The van der Waals surface area contributed by atoms with Crippen LogP contribution in [0, 0.1) is 0 Å². The van der Waals surface area contributed by atoms with Gasteiger partial charge < -0.3 is 5.11 Å². The summed E-state index contributed by atoms with van der Waals surface area (Å²) in [5.74, 6) is -1.16. The van der Waals surface area contributed by atoms with E-state index in [1.165, 1.54) is 69.7 Å². The average molecular weight is 392 g/mol. The lowest BCUT2D eigenvalue weighted by atomic mass is 9.92. The van der Waals surface area contributed by atoms with E-state index in [1.807, 2.05) is 0 Å². The third-order valence-corrected chi connectivity index (χ3v) is 6.12. The number of fused-ring (bicyclic) bond motifs is 1. The molecular weight excluding hydrogens is 358 g/mol. The molecule has 0 radical (unpaired) electrons. The Bertz CT molecular complexity index is 648. The Morgan fingerprint density at radius 3 is 1.89 bits per heavy atom. The van der Waals surface area contributed by atoms with E-state index in [0.717, 1.165) is 30.6 Å². The Balaban J connectivity index is 1.54. The number of ketones is 2. The maximum Gasteiger partial charge on any atom is 0.245 e. The third kappa shape index (κ3) is 6.56. The van der Waals surface area contributed by atoms with Crippen LogP contribution in [0.5, 0.6) is 0 Å². The molecule has 1 aliphatic rings. The van der Waals surface area contributed by atoms with Crippen molar-refractivity contribution >= 4 is 28.7 Å². The van der Waals surface area contributed by atoms with Crippen LogP contribution in [0.4, 0.5) is 0 Å². The second kappa shape index (κ2) is 12.1. The summed E-state index contributed by atoms with van der Waals surface area (Å²) in [6, 6.07) is 0. The molecule has 0 aliphatic heterocycles. The Labute approximate surface area is 167 Å². The highest BCUT2D eigenvalue weighted by Crippen LogP contribution is 2.31. The quantitative estimate of drug-likeness (QED) is 0.284. The molecule has 1 heterocycles. The summed E-state index contributed by atoms with van der Waals surface area (Å²) in [4.78, 5) is 28.5. The number of unbranched alkanes of at least 4 members (excludes halogenated alkanes) is 12. The van der Waals surface area contributed by atoms with Gasteiger partial charge >= 0.3 is 0 Å². The van der Waals surface area contributed by atoms with Gasteiger partial charge in [0.1, 0.15) is 16.3 Å². The van der Waals surface area contributed by atoms with E-state index < -0.39 is 11.6 Å². The fourth-order valence-electron chi connectivity index (χ4n) is 3.62. The number of rotatable bonds is 14. The monoisotopic (exact) mass is 391 g/mol. The van der Waals surface area contributed by atoms with Gasteiger partial charge in [0, 0.05) is 5.57 Å². The normalized spacial score (nSPS) is 14.1. The number of aromatic nitrogens is 1. The van der Waals surface area contributed by atoms with Crippen LogP contribution in [-0.2, 0) is 4.79 Å². The van der Waals surface area contributed by atoms with Gasteiger partial charge in [-0.1, -0.05) is 84.0 Å². The number of allylic oxidation sites excluding steroid dienone is 1. The van der Waals surface area contributed by atoms with Gasteiger partial charge in [-0.15, -0.1) is 11.3 Å². The van der Waals surface area contributed by atoms with Crippen LogP contribution in [0.25, 0.3) is 5.76 Å². The summed E-state index contributed by atoms with van der Waals surface area (Å²) < 4.78 is 0. The van der Waals surface area contributed by atoms with Gasteiger partial charge in [-0.05, 0) is 12.8 Å². The number of hydrogen-bond donors (Lipinski definition) is 1. The second-order valence-electron chi connectivity index (χ2n) is 7.51. The molecule has 150 valence electrons. The van der Waals surface area contributed by atoms with E-state index in [2.05, 4.69) is 11.9 Å². The van der Waals surface area contributed by atoms with Crippen molar-refractivity contribution in [1.29, 1.82) is 0 Å². The Morgan fingerprint density at radius 1 is 0.815 bits per heavy atom. The molecule has 0 bridgehead atoms. The summed E-state index contributed by atoms with van der Waals surface area (Å²) in [7, 11) is 0. The molecule has 0 spiro atoms. The van der Waals surface area contributed by atoms with E-state index in [1.54, 1.807) is 0 Å². The molecular formula is C22H33NO3S. The average Bonchev–Trinajstić information content (AvgIpc) is 3.16. The summed E-state index contributed by atoms with van der Waals surface area (Å²) >= 11 is 1.11. The smallest absolute Gasteiger partial charge is 0.245 e. The minimum atomic E-state index is -0.553. The highest BCUT2D eigenvalue weighted by molar-refractivity contribution is 7.13. The molecule has 5 heteroatoms. The van der Waals surface area contributed by atoms with Crippen molar-refractivity contribution in [3.8, 4) is 0 Å². The molecule has 4 nitrogen and oxygen atoms in total. The molecule has 27 heavy (non-hydrogen) atoms. The molecule has 0 fully saturated rings. The molecule has 0 amide bonds. The van der Waals surface area contributed by atoms with Gasteiger partial charge in [0.2, 0.25) is 11.6 Å². The first kappa shape index (κ1) is 21.8. The van der Waals surface area contributed by atoms with Crippen molar-refractivity contribution in [2.24, 2.45) is 0 Å². The van der Waals surface area contributed by atoms with Crippen LogP contribution in [0.1, 0.15) is 112 Å². The first-order valence-corrected chi connectivity index (χ1v) is 11.5. The molecule has 1 N–H and O–H groups in total. The number of carbonyl (C=O) groups excluding carboxylic acids is 2. The number of aliphatic hydroxyl groups excluding tert-OH is 1. The molecule has 0 unspecified atom stereocenters. The number of aliphatic hydroxyl groups is 1. The van der Waals surface area contributed by atoms with Crippen molar-refractivity contribution in [2.45, 2.75) is 96.8 Å². The summed E-state index contributed by atoms with van der Waals surface area (Å²) in [5, 5.41) is 10.2. The van der Waals surface area contributed by atoms with Crippen LogP contribution >= 0.6 is 11.3 Å². The molecule has 1 aromatic rings. The van der Waals surface area contributed by atoms with Gasteiger partial charge in [-0.2, -0.15) is 0 Å². The van der Waals surface area contributed by atoms with Gasteiger partial charge in [0.25, 0.3) is 0 Å². The first-order valence-electron chi connectivity index (χ1n) is 10.6. The highest BCUT2D eigenvalue weighted by atomic mass is 32.1. The highest BCUT2D eigenvalue weighted by Gasteiger charge is 2.34. The van der Waals surface area contributed by atoms with Crippen LogP contribution in [-0.4, -0.2) is 21.7 Å². The van der Waals surface area contributed by atoms with Crippen molar-refractivity contribution < 1.29 is 14.7 Å². The lowest BCUT2D eigenvalue weighted by molar-refractivity contribution is -0.112. The predicted molar refractivity (Wildman–Crippen MR) is 111 cm³/mol. The lowest BCUT2D eigenvalue weighted by Gasteiger charge is -2.13. The fraction of sp³-hybridized carbons (Fsp3) is 0.682. The van der Waals surface area contributed by atoms with Crippen molar-refractivity contribution in [3.63, 3.8) is 0 Å². The Hall–Kier alpha value is -1.49. The topological polar surface area (TPSA) is 67.3 Å². The van der Waals surface area contributed by atoms with Crippen molar-refractivity contribution in [1.82, 2.24) is 4.98 Å². The molecule has 1 aliphatic carbocycles. The van der Waals surface area contributed by atoms with Crippen molar-refractivity contribution in [3.05, 3.63) is 21.7 Å².